The molecular formula is C24H19F2N5O2. The van der Waals surface area contributed by atoms with Crippen molar-refractivity contribution in [2.75, 3.05) is 11.9 Å². The second kappa shape index (κ2) is 8.87. The van der Waals surface area contributed by atoms with Gasteiger partial charge in [0, 0.05) is 36.3 Å². The number of hydrogen-bond donors (Lipinski definition) is 1. The second-order valence-corrected chi connectivity index (χ2v) is 7.50. The molecule has 7 nitrogen and oxygen atoms in total. The molecule has 9 heteroatoms. The molecule has 1 aliphatic heterocycles. The first kappa shape index (κ1) is 20.9. The molecule has 1 aromatic carbocycles. The highest BCUT2D eigenvalue weighted by atomic mass is 19.3. The number of nitrogens with zero attached hydrogens (tertiary/aromatic N) is 4. The molecule has 0 fully saturated rings. The fraction of sp³-hybridized carbons (Fsp3) is 0.167. The molecule has 4 heterocycles. The lowest BCUT2D eigenvalue weighted by Crippen LogP contribution is -2.16. The Balaban J connectivity index is 1.51. The van der Waals surface area contributed by atoms with Crippen LogP contribution in [0, 0.1) is 0 Å². The number of pyridine rings is 2. The molecule has 1 amide bonds. The number of aromatic nitrogens is 4. The van der Waals surface area contributed by atoms with Gasteiger partial charge in [0.25, 0.3) is 12.3 Å². The highest BCUT2D eigenvalue weighted by molar-refractivity contribution is 6.05. The molecule has 0 saturated carbocycles. The molecule has 1 N–H and O–H groups in total. The minimum absolute atomic E-state index is 0.237. The number of hydrogen-bond acceptors (Lipinski definition) is 5. The summed E-state index contributed by atoms with van der Waals surface area (Å²) in [6.07, 6.45) is 2.30. The van der Waals surface area contributed by atoms with Gasteiger partial charge in [-0.05, 0) is 35.4 Å². The van der Waals surface area contributed by atoms with E-state index in [0.29, 0.717) is 52.7 Å². The Hall–Kier alpha value is -3.98. The number of halogens is 2. The van der Waals surface area contributed by atoms with Gasteiger partial charge in [0.05, 0.1) is 13.2 Å². The summed E-state index contributed by atoms with van der Waals surface area (Å²) in [6, 6.07) is 13.5. The number of ether oxygens (including phenoxy) is 1. The quantitative estimate of drug-likeness (QED) is 0.481. The molecule has 0 atom stereocenters. The van der Waals surface area contributed by atoms with Crippen LogP contribution in [0.3, 0.4) is 0 Å². The molecule has 1 aliphatic rings. The van der Waals surface area contributed by atoms with Crippen LogP contribution < -0.4 is 5.32 Å². The van der Waals surface area contributed by atoms with Gasteiger partial charge in [-0.25, -0.2) is 18.7 Å². The number of alkyl halides is 2. The largest absolute Gasteiger partial charge is 0.375 e. The first-order chi connectivity index (χ1) is 16.1. The van der Waals surface area contributed by atoms with Crippen molar-refractivity contribution < 1.29 is 18.3 Å². The van der Waals surface area contributed by atoms with Gasteiger partial charge in [-0.3, -0.25) is 9.78 Å². The number of benzene rings is 1. The van der Waals surface area contributed by atoms with E-state index in [4.69, 9.17) is 4.74 Å². The van der Waals surface area contributed by atoms with Crippen LogP contribution in [0.4, 0.5) is 14.6 Å². The Morgan fingerprint density at radius 2 is 1.94 bits per heavy atom. The van der Waals surface area contributed by atoms with Gasteiger partial charge in [0.15, 0.2) is 5.82 Å². The summed E-state index contributed by atoms with van der Waals surface area (Å²) in [5.74, 6) is 0.736. The van der Waals surface area contributed by atoms with Crippen molar-refractivity contribution in [2.45, 2.75) is 19.6 Å². The number of carbonyl (C=O) groups excluding carboxylic acids is 1. The number of anilines is 1. The Bertz CT molecular complexity index is 1300. The molecule has 0 aliphatic carbocycles. The average Bonchev–Trinajstić information content (AvgIpc) is 3.30. The van der Waals surface area contributed by atoms with E-state index >= 15 is 0 Å². The number of carbonyl (C=O) groups is 1. The van der Waals surface area contributed by atoms with Crippen LogP contribution in [0.5, 0.6) is 0 Å². The topological polar surface area (TPSA) is 81.9 Å². The molecule has 0 unspecified atom stereocenters. The van der Waals surface area contributed by atoms with Crippen molar-refractivity contribution in [3.63, 3.8) is 0 Å². The van der Waals surface area contributed by atoms with Crippen molar-refractivity contribution in [2.24, 2.45) is 0 Å². The maximum Gasteiger partial charge on any atom is 0.280 e. The van der Waals surface area contributed by atoms with Crippen LogP contribution in [0.1, 0.15) is 28.0 Å². The van der Waals surface area contributed by atoms with Crippen molar-refractivity contribution in [3.8, 4) is 22.6 Å². The third-order valence-electron chi connectivity index (χ3n) is 5.37. The smallest absolute Gasteiger partial charge is 0.280 e. The van der Waals surface area contributed by atoms with E-state index in [2.05, 4.69) is 20.3 Å². The number of rotatable bonds is 2. The van der Waals surface area contributed by atoms with Gasteiger partial charge in [0.2, 0.25) is 0 Å². The zero-order valence-electron chi connectivity index (χ0n) is 17.4. The minimum Gasteiger partial charge on any atom is -0.375 e. The van der Waals surface area contributed by atoms with E-state index < -0.39 is 6.43 Å². The van der Waals surface area contributed by atoms with E-state index in [9.17, 15) is 13.6 Å². The zero-order valence-corrected chi connectivity index (χ0v) is 17.4. The van der Waals surface area contributed by atoms with Gasteiger partial charge in [-0.2, -0.15) is 0 Å². The Labute approximate surface area is 188 Å². The molecule has 33 heavy (non-hydrogen) atoms. The maximum atomic E-state index is 13.2. The van der Waals surface area contributed by atoms with Crippen LogP contribution in [0.2, 0.25) is 0 Å². The predicted molar refractivity (Wildman–Crippen MR) is 118 cm³/mol. The van der Waals surface area contributed by atoms with Crippen LogP contribution in [-0.4, -0.2) is 32.0 Å². The van der Waals surface area contributed by atoms with Crippen molar-refractivity contribution >= 4 is 11.7 Å². The number of fused-ring (bicyclic) bond motifs is 5. The summed E-state index contributed by atoms with van der Waals surface area (Å²) in [4.78, 5) is 25.9. The lowest BCUT2D eigenvalue weighted by molar-refractivity contribution is 0.0997. The average molecular weight is 447 g/mol. The molecule has 4 aromatic rings. The summed E-state index contributed by atoms with van der Waals surface area (Å²) in [5.41, 5.74) is 2.77. The van der Waals surface area contributed by atoms with Gasteiger partial charge in [-0.1, -0.05) is 24.3 Å². The van der Waals surface area contributed by atoms with Crippen LogP contribution in [-0.2, 0) is 17.9 Å². The van der Waals surface area contributed by atoms with Crippen molar-refractivity contribution in [3.05, 3.63) is 83.9 Å². The van der Waals surface area contributed by atoms with Crippen LogP contribution in [0.15, 0.2) is 67.1 Å². The SMILES string of the molecule is O=C1Nc2cccc(n2)-c2nccn2CCOCc2ccc(-c3ccc(C(F)F)nc3)cc21. The highest BCUT2D eigenvalue weighted by Gasteiger charge is 2.17. The minimum atomic E-state index is -2.64. The van der Waals surface area contributed by atoms with E-state index in [0.717, 1.165) is 0 Å². The molecule has 0 spiro atoms. The molecule has 166 valence electrons. The lowest BCUT2D eigenvalue weighted by Gasteiger charge is -2.13. The number of imidazole rings is 1. The van der Waals surface area contributed by atoms with Gasteiger partial charge in [0.1, 0.15) is 17.2 Å². The molecule has 5 rings (SSSR count). The summed E-state index contributed by atoms with van der Waals surface area (Å²) in [7, 11) is 0. The lowest BCUT2D eigenvalue weighted by atomic mass is 9.99. The van der Waals surface area contributed by atoms with Crippen LogP contribution in [0.25, 0.3) is 22.6 Å². The molecule has 2 bridgehead atoms. The van der Waals surface area contributed by atoms with Crippen molar-refractivity contribution in [1.29, 1.82) is 0 Å². The molecule has 0 radical (unpaired) electrons. The third kappa shape index (κ3) is 4.35. The number of nitrogens with one attached hydrogen (secondary N) is 1. The molecule has 3 aromatic heterocycles. The Kier molecular flexibility index (Phi) is 5.62. The fourth-order valence-electron chi connectivity index (χ4n) is 3.68. The first-order valence-electron chi connectivity index (χ1n) is 10.3. The first-order valence-corrected chi connectivity index (χ1v) is 10.3. The highest BCUT2D eigenvalue weighted by Crippen LogP contribution is 2.26. The molecule has 0 saturated heterocycles. The van der Waals surface area contributed by atoms with Crippen LogP contribution >= 0.6 is 0 Å². The Morgan fingerprint density at radius 3 is 2.76 bits per heavy atom. The van der Waals surface area contributed by atoms with E-state index in [1.54, 1.807) is 36.5 Å². The summed E-state index contributed by atoms with van der Waals surface area (Å²) in [5, 5.41) is 2.84. The summed E-state index contributed by atoms with van der Waals surface area (Å²) < 4.78 is 33.5. The van der Waals surface area contributed by atoms with Gasteiger partial charge < -0.3 is 14.6 Å². The fourth-order valence-corrected chi connectivity index (χ4v) is 3.68. The zero-order chi connectivity index (χ0) is 22.8. The summed E-state index contributed by atoms with van der Waals surface area (Å²) >= 11 is 0. The van der Waals surface area contributed by atoms with Gasteiger partial charge in [-0.15, -0.1) is 0 Å². The monoisotopic (exact) mass is 447 g/mol. The van der Waals surface area contributed by atoms with Gasteiger partial charge >= 0.3 is 0 Å². The third-order valence-corrected chi connectivity index (χ3v) is 5.37. The maximum absolute atomic E-state index is 13.2. The Morgan fingerprint density at radius 1 is 1.06 bits per heavy atom. The second-order valence-electron chi connectivity index (χ2n) is 7.50. The van der Waals surface area contributed by atoms with E-state index in [-0.39, 0.29) is 18.2 Å². The van der Waals surface area contributed by atoms with E-state index in [1.165, 1.54) is 12.3 Å². The molecular weight excluding hydrogens is 428 g/mol. The number of amides is 1. The normalized spacial score (nSPS) is 13.8. The van der Waals surface area contributed by atoms with Crippen molar-refractivity contribution in [1.82, 2.24) is 19.5 Å². The van der Waals surface area contributed by atoms with E-state index in [1.807, 2.05) is 22.9 Å². The summed E-state index contributed by atoms with van der Waals surface area (Å²) in [6.45, 7) is 1.24. The predicted octanol–water partition coefficient (Wildman–Crippen LogP) is 4.73. The standard InChI is InChI=1S/C24H19F2N5O2/c25-22(26)19-7-6-16(13-28-19)15-4-5-17-14-33-11-10-31-9-8-27-23(31)20-2-1-3-21(29-20)30-24(32)18(17)12-15/h1-9,12-13,22H,10-11,14H2,(H,29,30,32).